The van der Waals surface area contributed by atoms with Crippen molar-refractivity contribution in [1.29, 1.82) is 0 Å². The summed E-state index contributed by atoms with van der Waals surface area (Å²) >= 11 is 1.69. The Labute approximate surface area is 83.5 Å². The third-order valence-corrected chi connectivity index (χ3v) is 2.72. The number of hydrogen-bond donors (Lipinski definition) is 1. The van der Waals surface area contributed by atoms with E-state index in [2.05, 4.69) is 6.07 Å². The molecular formula is C10H15NOS. The van der Waals surface area contributed by atoms with Crippen LogP contribution in [0.5, 0.6) is 5.75 Å². The average Bonchev–Trinajstić information content (AvgIpc) is 2.16. The summed E-state index contributed by atoms with van der Waals surface area (Å²) in [6.45, 7) is 1.97. The molecule has 1 rings (SSSR count). The van der Waals surface area contributed by atoms with Crippen molar-refractivity contribution in [3.05, 3.63) is 23.8 Å². The van der Waals surface area contributed by atoms with E-state index in [1.165, 1.54) is 4.90 Å². The third kappa shape index (κ3) is 2.17. The molecule has 13 heavy (non-hydrogen) atoms. The van der Waals surface area contributed by atoms with Gasteiger partial charge in [0, 0.05) is 16.5 Å². The lowest BCUT2D eigenvalue weighted by molar-refractivity contribution is 0.405. The predicted molar refractivity (Wildman–Crippen MR) is 57.4 cm³/mol. The molecule has 0 aliphatic heterocycles. The molecule has 1 atom stereocenters. The summed E-state index contributed by atoms with van der Waals surface area (Å²) in [6, 6.07) is 6.00. The lowest BCUT2D eigenvalue weighted by Gasteiger charge is -2.14. The first kappa shape index (κ1) is 10.4. The van der Waals surface area contributed by atoms with E-state index in [1.54, 1.807) is 18.9 Å². The quantitative estimate of drug-likeness (QED) is 0.756. The van der Waals surface area contributed by atoms with E-state index in [1.807, 2.05) is 25.3 Å². The summed E-state index contributed by atoms with van der Waals surface area (Å²) in [5.74, 6) is 0.877. The highest BCUT2D eigenvalue weighted by Gasteiger charge is 2.11. The zero-order valence-electron chi connectivity index (χ0n) is 8.20. The number of nitrogens with two attached hydrogens (primary N) is 1. The van der Waals surface area contributed by atoms with Gasteiger partial charge in [0.05, 0.1) is 7.11 Å². The van der Waals surface area contributed by atoms with Gasteiger partial charge in [-0.15, -0.1) is 11.8 Å². The fraction of sp³-hybridized carbons (Fsp3) is 0.400. The molecule has 0 saturated heterocycles. The summed E-state index contributed by atoms with van der Waals surface area (Å²) in [6.07, 6.45) is 2.04. The molecule has 0 bridgehead atoms. The topological polar surface area (TPSA) is 35.2 Å². The molecular weight excluding hydrogens is 182 g/mol. The van der Waals surface area contributed by atoms with Gasteiger partial charge in [0.1, 0.15) is 5.75 Å². The molecule has 0 fully saturated rings. The lowest BCUT2D eigenvalue weighted by atomic mass is 10.1. The molecule has 1 aromatic carbocycles. The van der Waals surface area contributed by atoms with E-state index < -0.39 is 0 Å². The molecule has 0 aliphatic rings. The molecule has 0 aromatic heterocycles. The maximum absolute atomic E-state index is 5.87. The highest BCUT2D eigenvalue weighted by Crippen LogP contribution is 2.32. The first-order chi connectivity index (χ1) is 6.20. The van der Waals surface area contributed by atoms with E-state index in [0.29, 0.717) is 0 Å². The molecule has 0 saturated carbocycles. The standard InChI is InChI=1S/C10H15NOS/c1-7(11)10-8(12-2)5-4-6-9(10)13-3/h4-7H,11H2,1-3H3/t7-/m1/s1. The van der Waals surface area contributed by atoms with Crippen LogP contribution >= 0.6 is 11.8 Å². The largest absolute Gasteiger partial charge is 0.496 e. The van der Waals surface area contributed by atoms with Crippen LogP contribution in [0.1, 0.15) is 18.5 Å². The minimum Gasteiger partial charge on any atom is -0.496 e. The second-order valence-electron chi connectivity index (χ2n) is 2.86. The Bertz CT molecular complexity index is 264. The molecule has 1 aromatic rings. The van der Waals surface area contributed by atoms with Crippen LogP contribution in [0.4, 0.5) is 0 Å². The summed E-state index contributed by atoms with van der Waals surface area (Å²) in [7, 11) is 1.67. The van der Waals surface area contributed by atoms with Crippen LogP contribution in [0.3, 0.4) is 0 Å². The molecule has 0 heterocycles. The van der Waals surface area contributed by atoms with Crippen LogP contribution in [-0.2, 0) is 0 Å². The van der Waals surface area contributed by atoms with Gasteiger partial charge < -0.3 is 10.5 Å². The van der Waals surface area contributed by atoms with E-state index in [4.69, 9.17) is 10.5 Å². The number of ether oxygens (including phenoxy) is 1. The van der Waals surface area contributed by atoms with Gasteiger partial charge in [0.15, 0.2) is 0 Å². The van der Waals surface area contributed by atoms with Crippen molar-refractivity contribution in [2.24, 2.45) is 5.73 Å². The van der Waals surface area contributed by atoms with Crippen LogP contribution in [0.2, 0.25) is 0 Å². The maximum atomic E-state index is 5.87. The Morgan fingerprint density at radius 3 is 2.62 bits per heavy atom. The molecule has 2 N–H and O–H groups in total. The van der Waals surface area contributed by atoms with Gasteiger partial charge in [-0.25, -0.2) is 0 Å². The predicted octanol–water partition coefficient (Wildman–Crippen LogP) is 2.44. The molecule has 0 radical (unpaired) electrons. The lowest BCUT2D eigenvalue weighted by Crippen LogP contribution is -2.08. The summed E-state index contributed by atoms with van der Waals surface area (Å²) in [4.78, 5) is 1.19. The van der Waals surface area contributed by atoms with Crippen molar-refractivity contribution < 1.29 is 4.74 Å². The van der Waals surface area contributed by atoms with Crippen LogP contribution in [0.25, 0.3) is 0 Å². The molecule has 0 aliphatic carbocycles. The number of thioether (sulfide) groups is 1. The Morgan fingerprint density at radius 2 is 2.15 bits per heavy atom. The molecule has 72 valence electrons. The average molecular weight is 197 g/mol. The zero-order chi connectivity index (χ0) is 9.84. The highest BCUT2D eigenvalue weighted by molar-refractivity contribution is 7.98. The Morgan fingerprint density at radius 1 is 1.46 bits per heavy atom. The van der Waals surface area contributed by atoms with E-state index in [-0.39, 0.29) is 6.04 Å². The van der Waals surface area contributed by atoms with Crippen LogP contribution in [-0.4, -0.2) is 13.4 Å². The molecule has 3 heteroatoms. The summed E-state index contributed by atoms with van der Waals surface area (Å²) in [5, 5.41) is 0. The van der Waals surface area contributed by atoms with Gasteiger partial charge in [0.2, 0.25) is 0 Å². The van der Waals surface area contributed by atoms with Crippen molar-refractivity contribution in [3.63, 3.8) is 0 Å². The number of benzene rings is 1. The summed E-state index contributed by atoms with van der Waals surface area (Å²) < 4.78 is 5.26. The number of methoxy groups -OCH3 is 1. The fourth-order valence-corrected chi connectivity index (χ4v) is 2.05. The maximum Gasteiger partial charge on any atom is 0.124 e. The molecule has 0 amide bonds. The zero-order valence-corrected chi connectivity index (χ0v) is 9.02. The van der Waals surface area contributed by atoms with Crippen molar-refractivity contribution in [3.8, 4) is 5.75 Å². The van der Waals surface area contributed by atoms with Crippen molar-refractivity contribution >= 4 is 11.8 Å². The van der Waals surface area contributed by atoms with Gasteiger partial charge in [-0.3, -0.25) is 0 Å². The monoisotopic (exact) mass is 197 g/mol. The third-order valence-electron chi connectivity index (χ3n) is 1.92. The van der Waals surface area contributed by atoms with Gasteiger partial charge in [0.25, 0.3) is 0 Å². The van der Waals surface area contributed by atoms with Crippen molar-refractivity contribution in [2.45, 2.75) is 17.9 Å². The van der Waals surface area contributed by atoms with Gasteiger partial charge in [-0.05, 0) is 25.3 Å². The second kappa shape index (κ2) is 4.53. The SMILES string of the molecule is COc1cccc(SC)c1[C@@H](C)N. The molecule has 2 nitrogen and oxygen atoms in total. The van der Waals surface area contributed by atoms with Crippen LogP contribution in [0, 0.1) is 0 Å². The minimum atomic E-state index is 0.0126. The first-order valence-electron chi connectivity index (χ1n) is 4.17. The normalized spacial score (nSPS) is 12.6. The number of rotatable bonds is 3. The van der Waals surface area contributed by atoms with E-state index >= 15 is 0 Å². The fourth-order valence-electron chi connectivity index (χ4n) is 1.33. The minimum absolute atomic E-state index is 0.0126. The van der Waals surface area contributed by atoms with Gasteiger partial charge in [-0.2, -0.15) is 0 Å². The van der Waals surface area contributed by atoms with E-state index in [0.717, 1.165) is 11.3 Å². The Kier molecular flexibility index (Phi) is 3.63. The summed E-state index contributed by atoms with van der Waals surface area (Å²) in [5.41, 5.74) is 6.97. The Hall–Kier alpha value is -0.670. The smallest absolute Gasteiger partial charge is 0.124 e. The number of hydrogen-bond acceptors (Lipinski definition) is 3. The van der Waals surface area contributed by atoms with Crippen LogP contribution < -0.4 is 10.5 Å². The van der Waals surface area contributed by atoms with Gasteiger partial charge >= 0.3 is 0 Å². The van der Waals surface area contributed by atoms with Gasteiger partial charge in [-0.1, -0.05) is 6.07 Å². The molecule has 0 spiro atoms. The molecule has 0 unspecified atom stereocenters. The van der Waals surface area contributed by atoms with Crippen molar-refractivity contribution in [2.75, 3.05) is 13.4 Å². The Balaban J connectivity index is 3.21. The first-order valence-corrected chi connectivity index (χ1v) is 5.39. The van der Waals surface area contributed by atoms with Crippen molar-refractivity contribution in [1.82, 2.24) is 0 Å². The van der Waals surface area contributed by atoms with Crippen LogP contribution in [0.15, 0.2) is 23.1 Å². The highest BCUT2D eigenvalue weighted by atomic mass is 32.2. The second-order valence-corrected chi connectivity index (χ2v) is 3.71. The van der Waals surface area contributed by atoms with E-state index in [9.17, 15) is 0 Å².